The Bertz CT molecular complexity index is 987. The van der Waals surface area contributed by atoms with Crippen molar-refractivity contribution in [2.45, 2.75) is 50.4 Å². The van der Waals surface area contributed by atoms with Crippen molar-refractivity contribution in [2.75, 3.05) is 12.9 Å². The number of carbonyl (C=O) groups excluding carboxylic acids is 3. The van der Waals surface area contributed by atoms with Gasteiger partial charge in [-0.3, -0.25) is 4.79 Å². The normalized spacial score (nSPS) is 13.8. The summed E-state index contributed by atoms with van der Waals surface area (Å²) >= 11 is -0.465. The molecule has 1 aromatic heterocycles. The maximum absolute atomic E-state index is 13.0. The van der Waals surface area contributed by atoms with Crippen molar-refractivity contribution in [1.82, 2.24) is 15.6 Å². The Morgan fingerprint density at radius 2 is 1.76 bits per heavy atom. The maximum atomic E-state index is 13.0. The Hall–Kier alpha value is -2.89. The zero-order valence-corrected chi connectivity index (χ0v) is 19.4. The number of hydrogen-bond acceptors (Lipinski definition) is 6. The fourth-order valence-electron chi connectivity index (χ4n) is 2.94. The van der Waals surface area contributed by atoms with E-state index in [0.29, 0.717) is 5.56 Å². The highest BCUT2D eigenvalue weighted by molar-refractivity contribution is 8.00. The van der Waals surface area contributed by atoms with Crippen LogP contribution in [0.3, 0.4) is 0 Å². The molecule has 0 spiro atoms. The van der Waals surface area contributed by atoms with Crippen molar-refractivity contribution >= 4 is 40.6 Å². The fourth-order valence-corrected chi connectivity index (χ4v) is 3.52. The van der Waals surface area contributed by atoms with E-state index >= 15 is 0 Å². The number of aromatic nitrogens is 1. The first-order chi connectivity index (χ1) is 15.3. The fraction of sp³-hybridized carbons (Fsp3) is 0.476. The largest absolute Gasteiger partial charge is 0.467 e. The highest BCUT2D eigenvalue weighted by Gasteiger charge is 2.34. The number of thioether (sulfide) groups is 1. The molecule has 2 atom stereocenters. The molecule has 0 aliphatic rings. The van der Waals surface area contributed by atoms with E-state index in [1.54, 1.807) is 33.0 Å². The van der Waals surface area contributed by atoms with E-state index in [1.165, 1.54) is 0 Å². The minimum absolute atomic E-state index is 0.00457. The van der Waals surface area contributed by atoms with Gasteiger partial charge in [-0.15, -0.1) is 0 Å². The first-order valence-corrected chi connectivity index (χ1v) is 10.9. The number of ether oxygens (including phenoxy) is 2. The van der Waals surface area contributed by atoms with Crippen molar-refractivity contribution in [3.63, 3.8) is 0 Å². The van der Waals surface area contributed by atoms with Crippen LogP contribution in [0.1, 0.15) is 26.3 Å². The predicted molar refractivity (Wildman–Crippen MR) is 118 cm³/mol. The van der Waals surface area contributed by atoms with Gasteiger partial charge in [0.25, 0.3) is 0 Å². The summed E-state index contributed by atoms with van der Waals surface area (Å²) in [5.74, 6) is -2.68. The van der Waals surface area contributed by atoms with E-state index in [1.807, 2.05) is 18.2 Å². The zero-order valence-electron chi connectivity index (χ0n) is 18.5. The van der Waals surface area contributed by atoms with Crippen LogP contribution in [0, 0.1) is 0 Å². The van der Waals surface area contributed by atoms with E-state index in [4.69, 9.17) is 4.74 Å². The monoisotopic (exact) mass is 489 g/mol. The lowest BCUT2D eigenvalue weighted by Crippen LogP contribution is -2.54. The number of methoxy groups -OCH3 is 1. The van der Waals surface area contributed by atoms with Crippen molar-refractivity contribution in [2.24, 2.45) is 0 Å². The second-order valence-corrected chi connectivity index (χ2v) is 9.19. The van der Waals surface area contributed by atoms with Gasteiger partial charge in [-0.05, 0) is 44.2 Å². The minimum Gasteiger partial charge on any atom is -0.467 e. The molecular formula is C21H26F3N3O5S. The van der Waals surface area contributed by atoms with Crippen molar-refractivity contribution in [3.8, 4) is 0 Å². The molecular weight excluding hydrogens is 463 g/mol. The lowest BCUT2D eigenvalue weighted by molar-refractivity contribution is -0.144. The van der Waals surface area contributed by atoms with Gasteiger partial charge in [0.15, 0.2) is 0 Å². The van der Waals surface area contributed by atoms with Gasteiger partial charge in [-0.25, -0.2) is 9.59 Å². The van der Waals surface area contributed by atoms with Gasteiger partial charge in [0.05, 0.1) is 7.11 Å². The molecule has 0 bridgehead atoms. The van der Waals surface area contributed by atoms with Crippen LogP contribution in [0.4, 0.5) is 18.0 Å². The second kappa shape index (κ2) is 10.8. The number of nitrogens with one attached hydrogen (secondary N) is 3. The zero-order chi connectivity index (χ0) is 24.8. The SMILES string of the molecule is COC(=O)[C@H](CSC(F)(F)F)NC(=O)[C@H](Cc1c[nH]c2ccccc12)NC(=O)OC(C)(C)C. The van der Waals surface area contributed by atoms with Crippen LogP contribution in [0.2, 0.25) is 0 Å². The Kier molecular flexibility index (Phi) is 8.64. The topological polar surface area (TPSA) is 110 Å². The Morgan fingerprint density at radius 3 is 2.36 bits per heavy atom. The number of esters is 1. The molecule has 8 nitrogen and oxygen atoms in total. The number of halogens is 3. The van der Waals surface area contributed by atoms with Gasteiger partial charge in [0, 0.05) is 29.3 Å². The minimum atomic E-state index is -4.60. The predicted octanol–water partition coefficient (Wildman–Crippen LogP) is 3.51. The molecule has 1 heterocycles. The van der Waals surface area contributed by atoms with E-state index in [0.717, 1.165) is 18.0 Å². The number of hydrogen-bond donors (Lipinski definition) is 3. The first kappa shape index (κ1) is 26.4. The number of carbonyl (C=O) groups is 3. The lowest BCUT2D eigenvalue weighted by Gasteiger charge is -2.25. The molecule has 0 aliphatic heterocycles. The summed E-state index contributed by atoms with van der Waals surface area (Å²) in [6.45, 7) is 4.93. The van der Waals surface area contributed by atoms with Gasteiger partial charge >= 0.3 is 17.6 Å². The molecule has 1 aromatic carbocycles. The van der Waals surface area contributed by atoms with Gasteiger partial charge in [0.1, 0.15) is 17.7 Å². The first-order valence-electron chi connectivity index (χ1n) is 9.92. The molecule has 0 radical (unpaired) electrons. The number of benzene rings is 1. The third-order valence-corrected chi connectivity index (χ3v) is 5.15. The summed E-state index contributed by atoms with van der Waals surface area (Å²) in [6, 6.07) is 4.47. The number of alkyl halides is 3. The second-order valence-electron chi connectivity index (χ2n) is 8.10. The summed E-state index contributed by atoms with van der Waals surface area (Å²) < 4.78 is 47.6. The third-order valence-electron chi connectivity index (χ3n) is 4.32. The van der Waals surface area contributed by atoms with Crippen LogP contribution in [0.5, 0.6) is 0 Å². The Labute approximate surface area is 192 Å². The van der Waals surface area contributed by atoms with Crippen LogP contribution in [0.15, 0.2) is 30.5 Å². The van der Waals surface area contributed by atoms with E-state index < -0.39 is 58.7 Å². The van der Waals surface area contributed by atoms with Crippen LogP contribution >= 0.6 is 11.8 Å². The molecule has 0 saturated heterocycles. The summed E-state index contributed by atoms with van der Waals surface area (Å²) in [5, 5.41) is 5.50. The molecule has 0 saturated carbocycles. The number of para-hydroxylation sites is 1. The molecule has 0 aliphatic carbocycles. The average Bonchev–Trinajstić information content (AvgIpc) is 3.10. The Morgan fingerprint density at radius 1 is 1.09 bits per heavy atom. The van der Waals surface area contributed by atoms with Crippen molar-refractivity contribution < 1.29 is 37.0 Å². The molecule has 12 heteroatoms. The maximum Gasteiger partial charge on any atom is 0.441 e. The lowest BCUT2D eigenvalue weighted by atomic mass is 10.0. The highest BCUT2D eigenvalue weighted by Crippen LogP contribution is 2.30. The van der Waals surface area contributed by atoms with E-state index in [-0.39, 0.29) is 6.42 Å². The average molecular weight is 490 g/mol. The van der Waals surface area contributed by atoms with Crippen molar-refractivity contribution in [1.29, 1.82) is 0 Å². The van der Waals surface area contributed by atoms with Gasteiger partial charge < -0.3 is 25.1 Å². The number of alkyl carbamates (subject to hydrolysis) is 1. The number of amides is 2. The van der Waals surface area contributed by atoms with E-state index in [9.17, 15) is 27.6 Å². The molecule has 0 unspecified atom stereocenters. The third kappa shape index (κ3) is 8.52. The standard InChI is InChI=1S/C21H26F3N3O5S/c1-20(2,3)32-19(30)27-15(9-12-10-25-14-8-6-5-7-13(12)14)17(28)26-16(18(29)31-4)11-33-21(22,23)24/h5-8,10,15-16,25H,9,11H2,1-4H3,(H,26,28)(H,27,30)/t15-,16-/m0/s1. The molecule has 0 fully saturated rings. The number of H-pyrrole nitrogens is 1. The molecule has 3 N–H and O–H groups in total. The molecule has 2 aromatic rings. The number of aromatic amines is 1. The number of rotatable bonds is 8. The van der Waals surface area contributed by atoms with Crippen LogP contribution in [0.25, 0.3) is 10.9 Å². The summed E-state index contributed by atoms with van der Waals surface area (Å²) in [5.41, 5.74) is -3.96. The smallest absolute Gasteiger partial charge is 0.441 e. The number of fused-ring (bicyclic) bond motifs is 1. The van der Waals surface area contributed by atoms with Gasteiger partial charge in [0.2, 0.25) is 5.91 Å². The summed E-state index contributed by atoms with van der Waals surface area (Å²) in [6.07, 6.45) is 0.774. The van der Waals surface area contributed by atoms with Crippen LogP contribution in [-0.2, 0) is 25.5 Å². The van der Waals surface area contributed by atoms with Gasteiger partial charge in [-0.1, -0.05) is 18.2 Å². The molecule has 182 valence electrons. The van der Waals surface area contributed by atoms with Crippen LogP contribution in [-0.4, -0.2) is 59.0 Å². The molecule has 2 amide bonds. The van der Waals surface area contributed by atoms with Crippen LogP contribution < -0.4 is 10.6 Å². The molecule has 33 heavy (non-hydrogen) atoms. The Balaban J connectivity index is 2.25. The summed E-state index contributed by atoms with van der Waals surface area (Å²) in [4.78, 5) is 40.3. The van der Waals surface area contributed by atoms with Crippen molar-refractivity contribution in [3.05, 3.63) is 36.0 Å². The highest BCUT2D eigenvalue weighted by atomic mass is 32.2. The quantitative estimate of drug-likeness (QED) is 0.490. The summed E-state index contributed by atoms with van der Waals surface area (Å²) in [7, 11) is 1.00. The molecule has 2 rings (SSSR count). The van der Waals surface area contributed by atoms with E-state index in [2.05, 4.69) is 20.4 Å². The van der Waals surface area contributed by atoms with Gasteiger partial charge in [-0.2, -0.15) is 13.2 Å².